The van der Waals surface area contributed by atoms with Crippen molar-refractivity contribution < 1.29 is 27.8 Å². The van der Waals surface area contributed by atoms with E-state index in [4.69, 9.17) is 5.11 Å². The highest BCUT2D eigenvalue weighted by molar-refractivity contribution is 5.87. The molecule has 16 heavy (non-hydrogen) atoms. The largest absolute Gasteiger partial charge is 0.503 e. The van der Waals surface area contributed by atoms with E-state index in [1.807, 2.05) is 0 Å². The first-order chi connectivity index (χ1) is 7.47. The fourth-order valence-electron chi connectivity index (χ4n) is 0.987. The van der Waals surface area contributed by atoms with Gasteiger partial charge in [-0.1, -0.05) is 0 Å². The zero-order chi connectivity index (χ0) is 12.3. The molecule has 1 aromatic heterocycles. The van der Waals surface area contributed by atoms with Crippen LogP contribution in [-0.2, 0) is 4.74 Å². The van der Waals surface area contributed by atoms with Gasteiger partial charge in [0.1, 0.15) is 0 Å². The number of aromatic nitrogens is 1. The summed E-state index contributed by atoms with van der Waals surface area (Å²) in [6.45, 7) is 1.51. The number of ether oxygens (including phenoxy) is 1. The minimum atomic E-state index is -3.18. The Balaban J connectivity index is 3.18. The van der Waals surface area contributed by atoms with Crippen LogP contribution >= 0.6 is 0 Å². The second-order valence-electron chi connectivity index (χ2n) is 2.74. The number of carbonyl (C=O) groups excluding carboxylic acids is 1. The summed E-state index contributed by atoms with van der Waals surface area (Å²) in [7, 11) is 0. The predicted octanol–water partition coefficient (Wildman–Crippen LogP) is 2.04. The molecule has 0 bridgehead atoms. The molecule has 0 aliphatic carbocycles. The fraction of sp³-hybridized carbons (Fsp3) is 0.333. The van der Waals surface area contributed by atoms with Gasteiger partial charge in [-0.2, -0.15) is 0 Å². The molecule has 7 heteroatoms. The van der Waals surface area contributed by atoms with Crippen molar-refractivity contribution in [3.63, 3.8) is 0 Å². The maximum Gasteiger partial charge on any atom is 0.357 e. The van der Waals surface area contributed by atoms with Crippen LogP contribution in [0, 0.1) is 5.82 Å². The minimum Gasteiger partial charge on any atom is -0.503 e. The smallest absolute Gasteiger partial charge is 0.357 e. The highest BCUT2D eigenvalue weighted by Gasteiger charge is 2.22. The summed E-state index contributed by atoms with van der Waals surface area (Å²) >= 11 is 0. The summed E-state index contributed by atoms with van der Waals surface area (Å²) in [5, 5.41) is 8.93. The van der Waals surface area contributed by atoms with Gasteiger partial charge in [-0.15, -0.1) is 0 Å². The van der Waals surface area contributed by atoms with Gasteiger partial charge in [-0.3, -0.25) is 0 Å². The van der Waals surface area contributed by atoms with Crippen molar-refractivity contribution in [2.75, 3.05) is 6.61 Å². The normalized spacial score (nSPS) is 10.6. The molecule has 0 unspecified atom stereocenters. The third kappa shape index (κ3) is 2.41. The van der Waals surface area contributed by atoms with Gasteiger partial charge in [0.15, 0.2) is 23.0 Å². The van der Waals surface area contributed by atoms with E-state index in [9.17, 15) is 18.0 Å². The van der Waals surface area contributed by atoms with Crippen molar-refractivity contribution >= 4 is 5.97 Å². The van der Waals surface area contributed by atoms with E-state index in [0.29, 0.717) is 6.07 Å². The SMILES string of the molecule is CCOC(=O)c1cc(F)c(O)c(C(F)F)n1. The molecule has 0 saturated heterocycles. The molecular weight excluding hydrogens is 227 g/mol. The molecule has 4 nitrogen and oxygen atoms in total. The maximum atomic E-state index is 13.0. The lowest BCUT2D eigenvalue weighted by molar-refractivity contribution is 0.0516. The Morgan fingerprint density at radius 1 is 1.62 bits per heavy atom. The molecule has 0 aliphatic rings. The molecule has 0 aromatic carbocycles. The summed E-state index contributed by atoms with van der Waals surface area (Å²) in [5.41, 5.74) is -1.78. The summed E-state index contributed by atoms with van der Waals surface area (Å²) in [4.78, 5) is 14.2. The highest BCUT2D eigenvalue weighted by Crippen LogP contribution is 2.29. The Labute approximate surface area is 88.7 Å². The molecule has 0 amide bonds. The number of rotatable bonds is 3. The zero-order valence-corrected chi connectivity index (χ0v) is 8.21. The molecule has 0 fully saturated rings. The van der Waals surface area contributed by atoms with E-state index in [0.717, 1.165) is 0 Å². The Bertz CT molecular complexity index is 409. The number of hydrogen-bond acceptors (Lipinski definition) is 4. The Morgan fingerprint density at radius 3 is 2.75 bits per heavy atom. The monoisotopic (exact) mass is 235 g/mol. The van der Waals surface area contributed by atoms with Crippen molar-refractivity contribution in [2.24, 2.45) is 0 Å². The first kappa shape index (κ1) is 12.3. The van der Waals surface area contributed by atoms with Crippen LogP contribution in [0.15, 0.2) is 6.07 Å². The molecule has 1 rings (SSSR count). The second kappa shape index (κ2) is 4.82. The Hall–Kier alpha value is -1.79. The second-order valence-corrected chi connectivity index (χ2v) is 2.74. The maximum absolute atomic E-state index is 13.0. The lowest BCUT2D eigenvalue weighted by Gasteiger charge is -2.06. The van der Waals surface area contributed by atoms with Crippen molar-refractivity contribution in [2.45, 2.75) is 13.3 Å². The molecule has 0 atom stereocenters. The van der Waals surface area contributed by atoms with E-state index in [-0.39, 0.29) is 6.61 Å². The predicted molar refractivity (Wildman–Crippen MR) is 46.8 cm³/mol. The van der Waals surface area contributed by atoms with Crippen molar-refractivity contribution in [3.05, 3.63) is 23.3 Å². The number of esters is 1. The lowest BCUT2D eigenvalue weighted by atomic mass is 10.2. The first-order valence-electron chi connectivity index (χ1n) is 4.32. The number of nitrogens with zero attached hydrogens (tertiary/aromatic N) is 1. The van der Waals surface area contributed by atoms with E-state index < -0.39 is 35.3 Å². The topological polar surface area (TPSA) is 59.4 Å². The van der Waals surface area contributed by atoms with Gasteiger partial charge in [0.25, 0.3) is 6.43 Å². The van der Waals surface area contributed by atoms with Crippen LogP contribution in [0.2, 0.25) is 0 Å². The highest BCUT2D eigenvalue weighted by atomic mass is 19.3. The molecule has 0 saturated carbocycles. The molecule has 0 spiro atoms. The molecule has 0 aliphatic heterocycles. The van der Waals surface area contributed by atoms with Gasteiger partial charge >= 0.3 is 5.97 Å². The van der Waals surface area contributed by atoms with E-state index in [1.54, 1.807) is 0 Å². The standard InChI is InChI=1S/C9H8F3NO3/c1-2-16-9(15)5-3-4(10)7(14)6(13-5)8(11)12/h3,8,14H,2H2,1H3. The van der Waals surface area contributed by atoms with Crippen molar-refractivity contribution in [1.82, 2.24) is 4.98 Å². The van der Waals surface area contributed by atoms with Gasteiger partial charge in [-0.05, 0) is 6.92 Å². The Kier molecular flexibility index (Phi) is 3.70. The summed E-state index contributed by atoms with van der Waals surface area (Å²) < 4.78 is 42.0. The molecule has 1 heterocycles. The van der Waals surface area contributed by atoms with Crippen LogP contribution in [0.25, 0.3) is 0 Å². The number of aromatic hydroxyl groups is 1. The molecular formula is C9H8F3NO3. The van der Waals surface area contributed by atoms with Crippen LogP contribution in [0.5, 0.6) is 5.75 Å². The van der Waals surface area contributed by atoms with Crippen LogP contribution in [-0.4, -0.2) is 22.7 Å². The lowest BCUT2D eigenvalue weighted by Crippen LogP contribution is -2.09. The van der Waals surface area contributed by atoms with Gasteiger partial charge in [0.05, 0.1) is 6.61 Å². The van der Waals surface area contributed by atoms with E-state index in [1.165, 1.54) is 6.92 Å². The molecule has 88 valence electrons. The summed E-state index contributed by atoms with van der Waals surface area (Å²) in [6.07, 6.45) is -3.18. The van der Waals surface area contributed by atoms with Crippen LogP contribution in [0.1, 0.15) is 29.5 Å². The minimum absolute atomic E-state index is 0.00696. The van der Waals surface area contributed by atoms with Crippen LogP contribution in [0.4, 0.5) is 13.2 Å². The zero-order valence-electron chi connectivity index (χ0n) is 8.21. The summed E-state index contributed by atoms with van der Waals surface area (Å²) in [5.74, 6) is -3.63. The quantitative estimate of drug-likeness (QED) is 0.814. The van der Waals surface area contributed by atoms with Crippen molar-refractivity contribution in [3.8, 4) is 5.75 Å². The van der Waals surface area contributed by atoms with Gasteiger partial charge < -0.3 is 9.84 Å². The fourth-order valence-corrected chi connectivity index (χ4v) is 0.987. The van der Waals surface area contributed by atoms with Gasteiger partial charge in [-0.25, -0.2) is 22.9 Å². The molecule has 1 aromatic rings. The molecule has 1 N–H and O–H groups in total. The van der Waals surface area contributed by atoms with Crippen molar-refractivity contribution in [1.29, 1.82) is 0 Å². The van der Waals surface area contributed by atoms with Crippen LogP contribution < -0.4 is 0 Å². The first-order valence-corrected chi connectivity index (χ1v) is 4.32. The van der Waals surface area contributed by atoms with Crippen LogP contribution in [0.3, 0.4) is 0 Å². The number of carbonyl (C=O) groups is 1. The Morgan fingerprint density at radius 2 is 2.25 bits per heavy atom. The van der Waals surface area contributed by atoms with E-state index in [2.05, 4.69) is 9.72 Å². The number of hydrogen-bond donors (Lipinski definition) is 1. The number of halogens is 3. The number of pyridine rings is 1. The van der Waals surface area contributed by atoms with Gasteiger partial charge in [0, 0.05) is 6.07 Å². The average molecular weight is 235 g/mol. The third-order valence-electron chi connectivity index (χ3n) is 1.66. The van der Waals surface area contributed by atoms with Gasteiger partial charge in [0.2, 0.25) is 0 Å². The number of alkyl halides is 2. The third-order valence-corrected chi connectivity index (χ3v) is 1.66. The molecule has 0 radical (unpaired) electrons. The summed E-state index contributed by atoms with van der Waals surface area (Å²) in [6, 6.07) is 0.541. The average Bonchev–Trinajstić information content (AvgIpc) is 2.21. The van der Waals surface area contributed by atoms with E-state index >= 15 is 0 Å².